The van der Waals surface area contributed by atoms with Gasteiger partial charge in [-0.3, -0.25) is 4.90 Å². The molecule has 1 atom stereocenters. The summed E-state index contributed by atoms with van der Waals surface area (Å²) in [6.07, 6.45) is 1.14. The second kappa shape index (κ2) is 6.30. The van der Waals surface area contributed by atoms with Gasteiger partial charge in [0.1, 0.15) is 5.82 Å². The Morgan fingerprint density at radius 2 is 2.17 bits per heavy atom. The quantitative estimate of drug-likeness (QED) is 0.887. The number of hydrogen-bond donors (Lipinski definition) is 1. The molecule has 1 unspecified atom stereocenters. The molecule has 0 bridgehead atoms. The number of nitrogens with zero attached hydrogens (tertiary/aromatic N) is 1. The van der Waals surface area contributed by atoms with Crippen LogP contribution in [-0.2, 0) is 6.54 Å². The van der Waals surface area contributed by atoms with Crippen molar-refractivity contribution < 1.29 is 4.39 Å². The minimum absolute atomic E-state index is 0.0859. The van der Waals surface area contributed by atoms with E-state index in [-0.39, 0.29) is 5.82 Å². The van der Waals surface area contributed by atoms with Crippen molar-refractivity contribution >= 4 is 0 Å². The highest BCUT2D eigenvalue weighted by Crippen LogP contribution is 2.18. The van der Waals surface area contributed by atoms with E-state index in [4.69, 9.17) is 0 Å². The lowest BCUT2D eigenvalue weighted by atomic mass is 10.0. The van der Waals surface area contributed by atoms with Gasteiger partial charge in [0.25, 0.3) is 0 Å². The summed E-state index contributed by atoms with van der Waals surface area (Å²) >= 11 is 0. The summed E-state index contributed by atoms with van der Waals surface area (Å²) in [6, 6.07) is 7.61. The summed E-state index contributed by atoms with van der Waals surface area (Å²) in [7, 11) is 0. The van der Waals surface area contributed by atoms with E-state index in [9.17, 15) is 4.39 Å². The third kappa shape index (κ3) is 3.30. The van der Waals surface area contributed by atoms with Crippen LogP contribution in [0.1, 0.15) is 25.8 Å². The molecule has 1 aromatic carbocycles. The van der Waals surface area contributed by atoms with Gasteiger partial charge >= 0.3 is 0 Å². The molecule has 18 heavy (non-hydrogen) atoms. The second-order valence-electron chi connectivity index (χ2n) is 5.43. The van der Waals surface area contributed by atoms with Crippen LogP contribution in [0, 0.1) is 11.7 Å². The average molecular weight is 250 g/mol. The monoisotopic (exact) mass is 250 g/mol. The third-order valence-electron chi connectivity index (χ3n) is 3.72. The fourth-order valence-electron chi connectivity index (χ4n) is 2.65. The number of benzene rings is 1. The molecule has 1 saturated heterocycles. The Bertz CT molecular complexity index is 379. The van der Waals surface area contributed by atoms with Gasteiger partial charge in [-0.1, -0.05) is 32.0 Å². The van der Waals surface area contributed by atoms with Crippen LogP contribution < -0.4 is 5.32 Å². The number of rotatable bonds is 3. The lowest BCUT2D eigenvalue weighted by Crippen LogP contribution is -2.42. The van der Waals surface area contributed by atoms with Gasteiger partial charge in [0.15, 0.2) is 0 Å². The fraction of sp³-hybridized carbons (Fsp3) is 0.600. The summed E-state index contributed by atoms with van der Waals surface area (Å²) in [4.78, 5) is 2.42. The van der Waals surface area contributed by atoms with Gasteiger partial charge in [-0.25, -0.2) is 4.39 Å². The van der Waals surface area contributed by atoms with Crippen LogP contribution in [0.4, 0.5) is 4.39 Å². The van der Waals surface area contributed by atoms with E-state index in [1.165, 1.54) is 0 Å². The van der Waals surface area contributed by atoms with Crippen molar-refractivity contribution in [2.24, 2.45) is 5.92 Å². The number of hydrogen-bond acceptors (Lipinski definition) is 2. The fourth-order valence-corrected chi connectivity index (χ4v) is 2.65. The van der Waals surface area contributed by atoms with Crippen LogP contribution in [0.5, 0.6) is 0 Å². The molecule has 1 aliphatic heterocycles. The van der Waals surface area contributed by atoms with Crippen molar-refractivity contribution in [1.82, 2.24) is 10.2 Å². The van der Waals surface area contributed by atoms with E-state index in [1.54, 1.807) is 12.1 Å². The summed E-state index contributed by atoms with van der Waals surface area (Å²) in [6.45, 7) is 8.32. The zero-order valence-electron chi connectivity index (χ0n) is 11.3. The van der Waals surface area contributed by atoms with Gasteiger partial charge in [0.2, 0.25) is 0 Å². The minimum atomic E-state index is -0.0859. The summed E-state index contributed by atoms with van der Waals surface area (Å²) in [5.74, 6) is 0.500. The molecule has 0 aromatic heterocycles. The minimum Gasteiger partial charge on any atom is -0.315 e. The van der Waals surface area contributed by atoms with Gasteiger partial charge in [-0.05, 0) is 24.9 Å². The first-order valence-electron chi connectivity index (χ1n) is 6.86. The van der Waals surface area contributed by atoms with E-state index in [0.29, 0.717) is 12.0 Å². The topological polar surface area (TPSA) is 15.3 Å². The predicted molar refractivity (Wildman–Crippen MR) is 72.9 cm³/mol. The van der Waals surface area contributed by atoms with Crippen molar-refractivity contribution in [3.8, 4) is 0 Å². The van der Waals surface area contributed by atoms with Gasteiger partial charge in [0, 0.05) is 31.2 Å². The molecule has 1 aromatic rings. The first-order chi connectivity index (χ1) is 8.68. The highest BCUT2D eigenvalue weighted by molar-refractivity contribution is 5.17. The van der Waals surface area contributed by atoms with Crippen molar-refractivity contribution in [2.45, 2.75) is 32.9 Å². The van der Waals surface area contributed by atoms with E-state index < -0.39 is 0 Å². The van der Waals surface area contributed by atoms with Crippen LogP contribution in [0.15, 0.2) is 24.3 Å². The lowest BCUT2D eigenvalue weighted by molar-refractivity contribution is 0.157. The van der Waals surface area contributed by atoms with Crippen LogP contribution in [-0.4, -0.2) is 30.6 Å². The molecule has 0 spiro atoms. The van der Waals surface area contributed by atoms with Gasteiger partial charge in [-0.15, -0.1) is 0 Å². The predicted octanol–water partition coefficient (Wildman–Crippen LogP) is 2.65. The highest BCUT2D eigenvalue weighted by atomic mass is 19.1. The van der Waals surface area contributed by atoms with Crippen molar-refractivity contribution in [2.75, 3.05) is 19.6 Å². The Morgan fingerprint density at radius 1 is 1.39 bits per heavy atom. The Balaban J connectivity index is 2.11. The molecule has 1 fully saturated rings. The molecule has 1 heterocycles. The van der Waals surface area contributed by atoms with Gasteiger partial charge < -0.3 is 5.32 Å². The molecular formula is C15H23FN2. The van der Waals surface area contributed by atoms with Crippen LogP contribution >= 0.6 is 0 Å². The maximum absolute atomic E-state index is 13.7. The molecule has 2 nitrogen and oxygen atoms in total. The highest BCUT2D eigenvalue weighted by Gasteiger charge is 2.24. The first-order valence-corrected chi connectivity index (χ1v) is 6.86. The summed E-state index contributed by atoms with van der Waals surface area (Å²) in [5.41, 5.74) is 0.810. The molecule has 0 saturated carbocycles. The normalized spacial score (nSPS) is 22.1. The largest absolute Gasteiger partial charge is 0.315 e. The van der Waals surface area contributed by atoms with Gasteiger partial charge in [0.05, 0.1) is 0 Å². The van der Waals surface area contributed by atoms with Crippen LogP contribution in [0.25, 0.3) is 0 Å². The molecule has 1 aliphatic rings. The standard InChI is InChI=1S/C15H23FN2/c1-12(2)15-10-17-8-5-9-18(15)11-13-6-3-4-7-14(13)16/h3-4,6-7,12,15,17H,5,8-11H2,1-2H3. The zero-order valence-corrected chi connectivity index (χ0v) is 11.3. The summed E-state index contributed by atoms with van der Waals surface area (Å²) < 4.78 is 13.7. The Kier molecular flexibility index (Phi) is 4.72. The first kappa shape index (κ1) is 13.5. The zero-order chi connectivity index (χ0) is 13.0. The SMILES string of the molecule is CC(C)C1CNCCCN1Cc1ccccc1F. The molecule has 0 radical (unpaired) electrons. The van der Waals surface area contributed by atoms with E-state index >= 15 is 0 Å². The Labute approximate surface area is 109 Å². The molecule has 1 N–H and O–H groups in total. The lowest BCUT2D eigenvalue weighted by Gasteiger charge is -2.32. The second-order valence-corrected chi connectivity index (χ2v) is 5.43. The van der Waals surface area contributed by atoms with Crippen molar-refractivity contribution in [3.05, 3.63) is 35.6 Å². The summed E-state index contributed by atoms with van der Waals surface area (Å²) in [5, 5.41) is 3.47. The molecule has 100 valence electrons. The van der Waals surface area contributed by atoms with Crippen molar-refractivity contribution in [1.29, 1.82) is 0 Å². The van der Waals surface area contributed by atoms with E-state index in [2.05, 4.69) is 24.1 Å². The average Bonchev–Trinajstić information content (AvgIpc) is 2.57. The van der Waals surface area contributed by atoms with Crippen molar-refractivity contribution in [3.63, 3.8) is 0 Å². The molecule has 3 heteroatoms. The molecule has 0 amide bonds. The van der Waals surface area contributed by atoms with Gasteiger partial charge in [-0.2, -0.15) is 0 Å². The maximum atomic E-state index is 13.7. The molecular weight excluding hydrogens is 227 g/mol. The third-order valence-corrected chi connectivity index (χ3v) is 3.72. The molecule has 2 rings (SSSR count). The maximum Gasteiger partial charge on any atom is 0.127 e. The van der Waals surface area contributed by atoms with Crippen LogP contribution in [0.3, 0.4) is 0 Å². The Morgan fingerprint density at radius 3 is 2.89 bits per heavy atom. The number of nitrogens with one attached hydrogen (secondary N) is 1. The van der Waals surface area contributed by atoms with Crippen LogP contribution in [0.2, 0.25) is 0 Å². The Hall–Kier alpha value is -0.930. The molecule has 0 aliphatic carbocycles. The smallest absolute Gasteiger partial charge is 0.127 e. The van der Waals surface area contributed by atoms with E-state index in [0.717, 1.165) is 38.2 Å². The van der Waals surface area contributed by atoms with E-state index in [1.807, 2.05) is 12.1 Å². The number of halogens is 1.